The van der Waals surface area contributed by atoms with Crippen LogP contribution in [0.4, 0.5) is 0 Å². The molecule has 0 aromatic carbocycles. The molecule has 3 nitrogen and oxygen atoms in total. The van der Waals surface area contributed by atoms with Crippen LogP contribution in [0.25, 0.3) is 0 Å². The van der Waals surface area contributed by atoms with Crippen LogP contribution in [0.1, 0.15) is 36.7 Å². The monoisotopic (exact) mass is 193 g/mol. The molecule has 0 radical (unpaired) electrons. The van der Waals surface area contributed by atoms with Crippen molar-refractivity contribution in [2.75, 3.05) is 13.6 Å². The van der Waals surface area contributed by atoms with Crippen molar-refractivity contribution in [1.29, 1.82) is 0 Å². The molecule has 0 unspecified atom stereocenters. The van der Waals surface area contributed by atoms with E-state index in [0.717, 1.165) is 18.9 Å². The largest absolute Gasteiger partial charge is 0.337 e. The second-order valence-corrected chi connectivity index (χ2v) is 4.18. The van der Waals surface area contributed by atoms with Gasteiger partial charge in [-0.3, -0.25) is 0 Å². The van der Waals surface area contributed by atoms with Crippen molar-refractivity contribution in [2.45, 2.75) is 31.6 Å². The van der Waals surface area contributed by atoms with Gasteiger partial charge in [0.1, 0.15) is 5.82 Å². The second kappa shape index (κ2) is 4.13. The first-order chi connectivity index (χ1) is 6.81. The number of likely N-dealkylation sites (N-methyl/N-ethyl adjacent to an activating group) is 1. The number of aryl methyl sites for hydroxylation is 1. The Balaban J connectivity index is 2.04. The lowest BCUT2D eigenvalue weighted by atomic mass is 9.85. The zero-order valence-corrected chi connectivity index (χ0v) is 9.08. The van der Waals surface area contributed by atoms with Crippen LogP contribution in [0.15, 0.2) is 6.20 Å². The molecule has 0 atom stereocenters. The summed E-state index contributed by atoms with van der Waals surface area (Å²) in [6.45, 7) is 1.01. The molecule has 2 rings (SSSR count). The summed E-state index contributed by atoms with van der Waals surface area (Å²) in [5, 5.41) is 3.15. The van der Waals surface area contributed by atoms with Gasteiger partial charge in [0, 0.05) is 32.1 Å². The van der Waals surface area contributed by atoms with Gasteiger partial charge in [-0.1, -0.05) is 6.42 Å². The molecule has 0 bridgehead atoms. The van der Waals surface area contributed by atoms with E-state index in [1.54, 1.807) is 0 Å². The number of nitrogens with one attached hydrogen (secondary N) is 1. The van der Waals surface area contributed by atoms with E-state index in [1.807, 2.05) is 7.05 Å². The summed E-state index contributed by atoms with van der Waals surface area (Å²) in [5.74, 6) is 2.03. The second-order valence-electron chi connectivity index (χ2n) is 4.18. The van der Waals surface area contributed by atoms with E-state index in [9.17, 15) is 0 Å². The van der Waals surface area contributed by atoms with Gasteiger partial charge in [-0.05, 0) is 19.9 Å². The van der Waals surface area contributed by atoms with Crippen molar-refractivity contribution in [1.82, 2.24) is 14.9 Å². The fourth-order valence-corrected chi connectivity index (χ4v) is 1.96. The minimum atomic E-state index is 0.739. The molecular formula is C11H19N3. The molecule has 1 heterocycles. The highest BCUT2D eigenvalue weighted by atomic mass is 15.1. The lowest BCUT2D eigenvalue weighted by molar-refractivity contribution is 0.393. The Hall–Kier alpha value is -0.830. The lowest BCUT2D eigenvalue weighted by Gasteiger charge is -2.24. The molecule has 1 aliphatic carbocycles. The fraction of sp³-hybridized carbons (Fsp3) is 0.727. The van der Waals surface area contributed by atoms with Gasteiger partial charge in [0.15, 0.2) is 0 Å². The van der Waals surface area contributed by atoms with Crippen LogP contribution in [-0.4, -0.2) is 23.1 Å². The van der Waals surface area contributed by atoms with Crippen LogP contribution in [0.2, 0.25) is 0 Å². The lowest BCUT2D eigenvalue weighted by Crippen LogP contribution is -2.13. The zero-order valence-electron chi connectivity index (χ0n) is 9.08. The van der Waals surface area contributed by atoms with Crippen molar-refractivity contribution >= 4 is 0 Å². The third kappa shape index (κ3) is 1.82. The predicted octanol–water partition coefficient (Wildman–Crippen LogP) is 1.45. The maximum atomic E-state index is 4.69. The highest BCUT2D eigenvalue weighted by Crippen LogP contribution is 2.35. The average Bonchev–Trinajstić information content (AvgIpc) is 2.42. The average molecular weight is 193 g/mol. The zero-order chi connectivity index (χ0) is 9.97. The van der Waals surface area contributed by atoms with E-state index in [0.29, 0.717) is 0 Å². The smallest absolute Gasteiger partial charge is 0.111 e. The molecular weight excluding hydrogens is 174 g/mol. The first-order valence-corrected chi connectivity index (χ1v) is 5.48. The van der Waals surface area contributed by atoms with Crippen LogP contribution in [0.5, 0.6) is 0 Å². The minimum Gasteiger partial charge on any atom is -0.337 e. The number of rotatable bonds is 4. The van der Waals surface area contributed by atoms with Crippen LogP contribution in [0, 0.1) is 0 Å². The minimum absolute atomic E-state index is 0.739. The van der Waals surface area contributed by atoms with Crippen LogP contribution in [-0.2, 0) is 13.5 Å². The molecule has 0 aliphatic heterocycles. The Kier molecular flexibility index (Phi) is 2.87. The standard InChI is InChI=1S/C11H19N3/c1-12-7-6-10-8-14(2)11(13-10)9-4-3-5-9/h8-9,12H,3-7H2,1-2H3. The molecule has 14 heavy (non-hydrogen) atoms. The summed E-state index contributed by atoms with van der Waals surface area (Å²) >= 11 is 0. The summed E-state index contributed by atoms with van der Waals surface area (Å²) in [4.78, 5) is 4.69. The van der Waals surface area contributed by atoms with Crippen LogP contribution < -0.4 is 5.32 Å². The van der Waals surface area contributed by atoms with Gasteiger partial charge in [0.25, 0.3) is 0 Å². The van der Waals surface area contributed by atoms with E-state index in [-0.39, 0.29) is 0 Å². The predicted molar refractivity (Wildman–Crippen MR) is 57.4 cm³/mol. The van der Waals surface area contributed by atoms with Gasteiger partial charge in [-0.2, -0.15) is 0 Å². The molecule has 1 fully saturated rings. The van der Waals surface area contributed by atoms with E-state index >= 15 is 0 Å². The van der Waals surface area contributed by atoms with E-state index in [1.165, 1.54) is 30.8 Å². The molecule has 3 heteroatoms. The summed E-state index contributed by atoms with van der Waals surface area (Å²) in [5.41, 5.74) is 1.23. The Morgan fingerprint density at radius 3 is 2.93 bits per heavy atom. The number of nitrogens with zero attached hydrogens (tertiary/aromatic N) is 2. The maximum absolute atomic E-state index is 4.69. The Labute approximate surface area is 85.5 Å². The normalized spacial score (nSPS) is 17.0. The molecule has 78 valence electrons. The number of hydrogen-bond acceptors (Lipinski definition) is 2. The number of hydrogen-bond donors (Lipinski definition) is 1. The van der Waals surface area contributed by atoms with Crippen molar-refractivity contribution in [2.24, 2.45) is 7.05 Å². The molecule has 1 aromatic rings. The van der Waals surface area contributed by atoms with Gasteiger partial charge in [0.2, 0.25) is 0 Å². The van der Waals surface area contributed by atoms with Gasteiger partial charge < -0.3 is 9.88 Å². The van der Waals surface area contributed by atoms with Crippen LogP contribution in [0.3, 0.4) is 0 Å². The molecule has 0 spiro atoms. The van der Waals surface area contributed by atoms with E-state index in [4.69, 9.17) is 4.98 Å². The number of aromatic nitrogens is 2. The van der Waals surface area contributed by atoms with Crippen molar-refractivity contribution in [3.8, 4) is 0 Å². The van der Waals surface area contributed by atoms with Gasteiger partial charge in [-0.25, -0.2) is 4.98 Å². The van der Waals surface area contributed by atoms with Crippen LogP contribution >= 0.6 is 0 Å². The number of imidazole rings is 1. The summed E-state index contributed by atoms with van der Waals surface area (Å²) in [7, 11) is 4.10. The summed E-state index contributed by atoms with van der Waals surface area (Å²) < 4.78 is 2.20. The Morgan fingerprint density at radius 1 is 1.57 bits per heavy atom. The molecule has 1 aliphatic rings. The Bertz CT molecular complexity index is 299. The quantitative estimate of drug-likeness (QED) is 0.784. The molecule has 0 amide bonds. The third-order valence-corrected chi connectivity index (χ3v) is 3.06. The fourth-order valence-electron chi connectivity index (χ4n) is 1.96. The SMILES string of the molecule is CNCCc1cn(C)c(C2CCC2)n1. The highest BCUT2D eigenvalue weighted by molar-refractivity contribution is 5.10. The third-order valence-electron chi connectivity index (χ3n) is 3.06. The molecule has 1 aromatic heterocycles. The van der Waals surface area contributed by atoms with Crippen molar-refractivity contribution in [3.63, 3.8) is 0 Å². The van der Waals surface area contributed by atoms with Crippen molar-refractivity contribution < 1.29 is 0 Å². The maximum Gasteiger partial charge on any atom is 0.111 e. The summed E-state index contributed by atoms with van der Waals surface area (Å²) in [6, 6.07) is 0. The highest BCUT2D eigenvalue weighted by Gasteiger charge is 2.23. The van der Waals surface area contributed by atoms with Gasteiger partial charge in [-0.15, -0.1) is 0 Å². The topological polar surface area (TPSA) is 29.9 Å². The first kappa shape index (κ1) is 9.71. The molecule has 0 saturated heterocycles. The first-order valence-electron chi connectivity index (χ1n) is 5.48. The van der Waals surface area contributed by atoms with Crippen molar-refractivity contribution in [3.05, 3.63) is 17.7 Å². The molecule has 1 N–H and O–H groups in total. The van der Waals surface area contributed by atoms with Gasteiger partial charge >= 0.3 is 0 Å². The van der Waals surface area contributed by atoms with Gasteiger partial charge in [0.05, 0.1) is 5.69 Å². The molecule has 1 saturated carbocycles. The summed E-state index contributed by atoms with van der Waals surface area (Å²) in [6.07, 6.45) is 7.25. The van der Waals surface area contributed by atoms with E-state index < -0.39 is 0 Å². The Morgan fingerprint density at radius 2 is 2.36 bits per heavy atom. The van der Waals surface area contributed by atoms with E-state index in [2.05, 4.69) is 23.1 Å².